The summed E-state index contributed by atoms with van der Waals surface area (Å²) in [6.45, 7) is 12.5. The van der Waals surface area contributed by atoms with Crippen molar-refractivity contribution in [2.45, 2.75) is 116 Å². The molecule has 2 heterocycles. The van der Waals surface area contributed by atoms with Gasteiger partial charge in [-0.05, 0) is 100 Å². The Kier molecular flexibility index (Phi) is 5.10. The summed E-state index contributed by atoms with van der Waals surface area (Å²) >= 11 is 0. The van der Waals surface area contributed by atoms with Crippen LogP contribution in [0.25, 0.3) is 0 Å². The van der Waals surface area contributed by atoms with Crippen molar-refractivity contribution < 1.29 is 14.7 Å². The second-order valence-corrected chi connectivity index (χ2v) is 13.7. The number of rotatable bonds is 0. The number of piperidine rings is 1. The lowest BCUT2D eigenvalue weighted by Gasteiger charge is -2.52. The maximum atomic E-state index is 12.2. The van der Waals surface area contributed by atoms with E-state index in [1.54, 1.807) is 16.2 Å². The molecule has 6 rings (SSSR count). The van der Waals surface area contributed by atoms with Gasteiger partial charge < -0.3 is 9.94 Å². The first-order valence-electron chi connectivity index (χ1n) is 13.9. The maximum Gasteiger partial charge on any atom is 0.133 e. The second-order valence-electron chi connectivity index (χ2n) is 13.7. The molecule has 1 spiro atoms. The van der Waals surface area contributed by atoms with Gasteiger partial charge in [-0.15, -0.1) is 0 Å². The highest BCUT2D eigenvalue weighted by molar-refractivity contribution is 5.79. The van der Waals surface area contributed by atoms with Crippen molar-refractivity contribution in [1.82, 2.24) is 5.06 Å². The summed E-state index contributed by atoms with van der Waals surface area (Å²) < 4.78 is 7.05. The number of ketones is 1. The molecular weight excluding hydrogens is 410 g/mol. The molecule has 0 radical (unpaired) electrons. The first-order chi connectivity index (χ1) is 15.6. The molecule has 4 nitrogen and oxygen atoms in total. The van der Waals surface area contributed by atoms with E-state index in [1.165, 1.54) is 25.7 Å². The SMILES string of the molecule is CC1=C2C[C@H]3[C@@H](CC[C@@H]4CC(=O)CC[C@@]43C)[C@@H]2CC[C@@]2(C1)O[C@@H]1C[C@H](C)CN(O)[C@@]1(C)[C@H]2C. The summed E-state index contributed by atoms with van der Waals surface area (Å²) in [6, 6.07) is 0. The van der Waals surface area contributed by atoms with Gasteiger partial charge in [0, 0.05) is 25.3 Å². The van der Waals surface area contributed by atoms with E-state index in [0.717, 1.165) is 56.9 Å². The molecule has 184 valence electrons. The predicted molar refractivity (Wildman–Crippen MR) is 129 cm³/mol. The van der Waals surface area contributed by atoms with E-state index in [4.69, 9.17) is 4.74 Å². The van der Waals surface area contributed by atoms with E-state index in [0.29, 0.717) is 34.9 Å². The number of fused-ring (bicyclic) bond motifs is 6. The van der Waals surface area contributed by atoms with Gasteiger partial charge >= 0.3 is 0 Å². The minimum absolute atomic E-state index is 0.124. The van der Waals surface area contributed by atoms with Crippen molar-refractivity contribution in [3.8, 4) is 0 Å². The number of carbonyl (C=O) groups excluding carboxylic acids is 1. The summed E-state index contributed by atoms with van der Waals surface area (Å²) in [5, 5.41) is 12.7. The van der Waals surface area contributed by atoms with Gasteiger partial charge in [-0.2, -0.15) is 5.06 Å². The minimum atomic E-state index is -0.278. The first kappa shape index (κ1) is 22.7. The molecule has 4 heteroatoms. The van der Waals surface area contributed by atoms with Crippen LogP contribution in [0, 0.1) is 40.9 Å². The number of carbonyl (C=O) groups is 1. The largest absolute Gasteiger partial charge is 0.369 e. The first-order valence-corrected chi connectivity index (χ1v) is 13.9. The van der Waals surface area contributed by atoms with Crippen molar-refractivity contribution in [2.24, 2.45) is 40.9 Å². The summed E-state index contributed by atoms with van der Waals surface area (Å²) in [5.41, 5.74) is 3.29. The topological polar surface area (TPSA) is 49.8 Å². The number of hydroxylamine groups is 2. The van der Waals surface area contributed by atoms with Gasteiger partial charge in [0.05, 0.1) is 17.2 Å². The van der Waals surface area contributed by atoms with E-state index in [2.05, 4.69) is 34.6 Å². The highest BCUT2D eigenvalue weighted by atomic mass is 16.5. The molecule has 6 aliphatic rings. The van der Waals surface area contributed by atoms with E-state index in [9.17, 15) is 10.0 Å². The van der Waals surface area contributed by atoms with Gasteiger partial charge in [-0.1, -0.05) is 31.9 Å². The van der Waals surface area contributed by atoms with Crippen molar-refractivity contribution in [3.63, 3.8) is 0 Å². The standard InChI is InChI=1S/C29H45NO3/c1-17-12-26-28(5,30(32)16-17)19(3)29(33-26)11-9-22-23-7-6-20-13-21(31)8-10-27(20,4)25(23)14-24(22)18(2)15-29/h17,19-20,22-23,25-26,32H,6-16H2,1-5H3/t17-,19+,20+,22-,23-,25-,26+,27-,28-,29-/m0/s1. The van der Waals surface area contributed by atoms with Gasteiger partial charge in [-0.25, -0.2) is 0 Å². The molecule has 3 saturated carbocycles. The number of nitrogens with zero attached hydrogens (tertiary/aromatic N) is 1. The Balaban J connectivity index is 1.30. The van der Waals surface area contributed by atoms with Crippen molar-refractivity contribution in [2.75, 3.05) is 6.54 Å². The van der Waals surface area contributed by atoms with Crippen LogP contribution in [0.4, 0.5) is 0 Å². The van der Waals surface area contributed by atoms with Crippen LogP contribution < -0.4 is 0 Å². The van der Waals surface area contributed by atoms with E-state index in [1.807, 2.05) is 0 Å². The lowest BCUT2D eigenvalue weighted by atomic mass is 9.52. The average molecular weight is 456 g/mol. The Morgan fingerprint density at radius 1 is 1.09 bits per heavy atom. The average Bonchev–Trinajstić information content (AvgIpc) is 3.19. The van der Waals surface area contributed by atoms with Gasteiger partial charge in [0.25, 0.3) is 0 Å². The lowest BCUT2D eigenvalue weighted by molar-refractivity contribution is -0.222. The lowest BCUT2D eigenvalue weighted by Crippen LogP contribution is -2.59. The molecule has 33 heavy (non-hydrogen) atoms. The molecule has 5 fully saturated rings. The molecule has 0 amide bonds. The van der Waals surface area contributed by atoms with Crippen LogP contribution in [0.2, 0.25) is 0 Å². The Morgan fingerprint density at radius 3 is 2.67 bits per heavy atom. The summed E-state index contributed by atoms with van der Waals surface area (Å²) in [5.74, 6) is 4.19. The summed E-state index contributed by atoms with van der Waals surface area (Å²) in [4.78, 5) is 12.2. The van der Waals surface area contributed by atoms with Crippen LogP contribution in [-0.4, -0.2) is 39.8 Å². The van der Waals surface area contributed by atoms with Crippen LogP contribution in [-0.2, 0) is 9.53 Å². The third kappa shape index (κ3) is 3.02. The molecule has 0 bridgehead atoms. The van der Waals surface area contributed by atoms with E-state index in [-0.39, 0.29) is 17.2 Å². The Hall–Kier alpha value is -0.710. The van der Waals surface area contributed by atoms with Gasteiger partial charge in [0.2, 0.25) is 0 Å². The molecule has 0 aromatic carbocycles. The van der Waals surface area contributed by atoms with Crippen LogP contribution in [0.15, 0.2) is 11.1 Å². The molecule has 0 aromatic rings. The minimum Gasteiger partial charge on any atom is -0.369 e. The maximum absolute atomic E-state index is 12.2. The molecular formula is C29H45NO3. The van der Waals surface area contributed by atoms with Gasteiger partial charge in [0.15, 0.2) is 0 Å². The quantitative estimate of drug-likeness (QED) is 0.444. The molecule has 2 saturated heterocycles. The monoisotopic (exact) mass is 455 g/mol. The van der Waals surface area contributed by atoms with Gasteiger partial charge in [0.1, 0.15) is 5.78 Å². The number of hydrogen-bond donors (Lipinski definition) is 1. The van der Waals surface area contributed by atoms with Crippen LogP contribution in [0.1, 0.15) is 98.8 Å². The third-order valence-electron chi connectivity index (χ3n) is 12.3. The zero-order valence-corrected chi connectivity index (χ0v) is 21.5. The number of hydrogen-bond acceptors (Lipinski definition) is 4. The van der Waals surface area contributed by atoms with Crippen molar-refractivity contribution >= 4 is 5.78 Å². The molecule has 0 unspecified atom stereocenters. The normalized spacial score (nSPS) is 54.6. The molecule has 10 atom stereocenters. The number of Topliss-reactive ketones (excluding diaryl/α,β-unsaturated/α-hetero) is 1. The molecule has 1 N–H and O–H groups in total. The van der Waals surface area contributed by atoms with Crippen molar-refractivity contribution in [3.05, 3.63) is 11.1 Å². The van der Waals surface area contributed by atoms with Gasteiger partial charge in [-0.3, -0.25) is 4.79 Å². The highest BCUT2D eigenvalue weighted by Gasteiger charge is 2.64. The highest BCUT2D eigenvalue weighted by Crippen LogP contribution is 2.65. The third-order valence-corrected chi connectivity index (χ3v) is 12.3. The fourth-order valence-electron chi connectivity index (χ4n) is 10.1. The van der Waals surface area contributed by atoms with E-state index >= 15 is 0 Å². The summed E-state index contributed by atoms with van der Waals surface area (Å²) in [7, 11) is 0. The Labute approximate surface area is 200 Å². The van der Waals surface area contributed by atoms with E-state index < -0.39 is 0 Å². The predicted octanol–water partition coefficient (Wildman–Crippen LogP) is 6.17. The van der Waals surface area contributed by atoms with Crippen LogP contribution in [0.5, 0.6) is 0 Å². The van der Waals surface area contributed by atoms with Crippen molar-refractivity contribution in [1.29, 1.82) is 0 Å². The summed E-state index contributed by atoms with van der Waals surface area (Å²) in [6.07, 6.45) is 11.2. The number of ether oxygens (including phenoxy) is 1. The second kappa shape index (κ2) is 7.40. The van der Waals surface area contributed by atoms with Crippen LogP contribution in [0.3, 0.4) is 0 Å². The molecule has 2 aliphatic heterocycles. The smallest absolute Gasteiger partial charge is 0.133 e. The fraction of sp³-hybridized carbons (Fsp3) is 0.897. The zero-order valence-electron chi connectivity index (χ0n) is 21.5. The molecule has 0 aromatic heterocycles. The fourth-order valence-corrected chi connectivity index (χ4v) is 10.1. The number of allylic oxidation sites excluding steroid dienone is 1. The Morgan fingerprint density at radius 2 is 1.88 bits per heavy atom. The van der Waals surface area contributed by atoms with Crippen LogP contribution >= 0.6 is 0 Å². The molecule has 4 aliphatic carbocycles. The zero-order chi connectivity index (χ0) is 23.3. The Bertz CT molecular complexity index is 882.